The quantitative estimate of drug-likeness (QED) is 0.389. The number of primary amides is 1. The van der Waals surface area contributed by atoms with Gasteiger partial charge in [0.05, 0.1) is 12.4 Å². The zero-order valence-electron chi connectivity index (χ0n) is 13.3. The minimum Gasteiger partial charge on any atom is -0.396 e. The summed E-state index contributed by atoms with van der Waals surface area (Å²) in [4.78, 5) is 23.5. The molecule has 11 nitrogen and oxygen atoms in total. The summed E-state index contributed by atoms with van der Waals surface area (Å²) in [6.45, 7) is -0.218. The highest BCUT2D eigenvalue weighted by molar-refractivity contribution is 5.81. The molecule has 1 amide bonds. The summed E-state index contributed by atoms with van der Waals surface area (Å²) in [5.74, 6) is -1.09. The Morgan fingerprint density at radius 3 is 2.76 bits per heavy atom. The third kappa shape index (κ3) is 3.14. The summed E-state index contributed by atoms with van der Waals surface area (Å²) in [7, 11) is 0. The standard InChI is InChI=1S/C14H20N6O5/c15-11-8-13(18-4-17-11)20(5-19-8)14-10(23)9(22)7(25-14)3-6(1-2-21)12(16)24/h4-7,9-10,14,21-23H,1-3H2,(H2,16,24)(H2,15,17,18)/t6?,7-,9-,10-,14-/m1/s1. The third-order valence-electron chi connectivity index (χ3n) is 4.40. The molecule has 1 unspecified atom stereocenters. The summed E-state index contributed by atoms with van der Waals surface area (Å²) < 4.78 is 7.19. The number of nitrogens with zero attached hydrogens (tertiary/aromatic N) is 4. The Morgan fingerprint density at radius 1 is 1.32 bits per heavy atom. The van der Waals surface area contributed by atoms with E-state index in [4.69, 9.17) is 21.3 Å². The molecule has 11 heteroatoms. The molecule has 0 spiro atoms. The van der Waals surface area contributed by atoms with Crippen molar-refractivity contribution < 1.29 is 24.9 Å². The number of nitrogens with two attached hydrogens (primary N) is 2. The second-order valence-corrected chi connectivity index (χ2v) is 5.98. The SMILES string of the molecule is NC(=O)C(CCO)C[C@H]1O[C@@H](n2cnc3c(N)ncnc32)[C@H](O)[C@@H]1O. The van der Waals surface area contributed by atoms with E-state index in [0.717, 1.165) is 0 Å². The van der Waals surface area contributed by atoms with Gasteiger partial charge in [-0.05, 0) is 12.8 Å². The van der Waals surface area contributed by atoms with E-state index in [-0.39, 0.29) is 25.3 Å². The lowest BCUT2D eigenvalue weighted by molar-refractivity contribution is -0.124. The molecule has 1 fully saturated rings. The molecule has 2 aromatic rings. The van der Waals surface area contributed by atoms with E-state index in [1.807, 2.05) is 0 Å². The van der Waals surface area contributed by atoms with Gasteiger partial charge < -0.3 is 31.5 Å². The molecule has 0 aliphatic carbocycles. The lowest BCUT2D eigenvalue weighted by atomic mass is 9.94. The number of carbonyl (C=O) groups is 1. The molecular weight excluding hydrogens is 332 g/mol. The Bertz CT molecular complexity index is 767. The number of rotatable bonds is 6. The van der Waals surface area contributed by atoms with Gasteiger partial charge in [0, 0.05) is 12.5 Å². The van der Waals surface area contributed by atoms with Crippen molar-refractivity contribution >= 4 is 22.9 Å². The number of aliphatic hydroxyl groups is 3. The highest BCUT2D eigenvalue weighted by Crippen LogP contribution is 2.34. The van der Waals surface area contributed by atoms with Crippen LogP contribution in [0.2, 0.25) is 0 Å². The fourth-order valence-corrected chi connectivity index (χ4v) is 3.02. The van der Waals surface area contributed by atoms with Gasteiger partial charge in [0.2, 0.25) is 5.91 Å². The fourth-order valence-electron chi connectivity index (χ4n) is 3.02. The summed E-state index contributed by atoms with van der Waals surface area (Å²) in [6, 6.07) is 0. The molecule has 0 saturated carbocycles. The van der Waals surface area contributed by atoms with E-state index in [1.165, 1.54) is 17.2 Å². The van der Waals surface area contributed by atoms with Crippen LogP contribution in [0.5, 0.6) is 0 Å². The van der Waals surface area contributed by atoms with Gasteiger partial charge in [0.1, 0.15) is 24.1 Å². The van der Waals surface area contributed by atoms with Crippen molar-refractivity contribution in [1.29, 1.82) is 0 Å². The Balaban J connectivity index is 1.84. The Kier molecular flexibility index (Phi) is 4.81. The highest BCUT2D eigenvalue weighted by Gasteiger charge is 2.45. The lowest BCUT2D eigenvalue weighted by Gasteiger charge is -2.19. The first-order chi connectivity index (χ1) is 11.9. The summed E-state index contributed by atoms with van der Waals surface area (Å²) >= 11 is 0. The number of anilines is 1. The number of hydrogen-bond acceptors (Lipinski definition) is 9. The van der Waals surface area contributed by atoms with Gasteiger partial charge in [-0.25, -0.2) is 15.0 Å². The van der Waals surface area contributed by atoms with Gasteiger partial charge in [-0.3, -0.25) is 9.36 Å². The smallest absolute Gasteiger partial charge is 0.220 e. The van der Waals surface area contributed by atoms with Crippen molar-refractivity contribution in [3.8, 4) is 0 Å². The van der Waals surface area contributed by atoms with E-state index in [2.05, 4.69) is 15.0 Å². The van der Waals surface area contributed by atoms with E-state index in [1.54, 1.807) is 0 Å². The molecule has 5 atom stereocenters. The van der Waals surface area contributed by atoms with Crippen LogP contribution in [0.4, 0.5) is 5.82 Å². The zero-order valence-corrected chi connectivity index (χ0v) is 13.3. The van der Waals surface area contributed by atoms with Crippen molar-refractivity contribution in [1.82, 2.24) is 19.5 Å². The minimum absolute atomic E-state index is 0.0778. The van der Waals surface area contributed by atoms with Crippen molar-refractivity contribution in [2.24, 2.45) is 11.7 Å². The van der Waals surface area contributed by atoms with Crippen LogP contribution in [-0.4, -0.2) is 65.7 Å². The van der Waals surface area contributed by atoms with Gasteiger partial charge in [-0.1, -0.05) is 0 Å². The number of carbonyl (C=O) groups excluding carboxylic acids is 1. The molecule has 136 valence electrons. The molecule has 3 rings (SSSR count). The maximum absolute atomic E-state index is 11.5. The van der Waals surface area contributed by atoms with E-state index in [9.17, 15) is 15.0 Å². The molecule has 1 aliphatic rings. The van der Waals surface area contributed by atoms with Crippen molar-refractivity contribution in [2.45, 2.75) is 37.4 Å². The molecule has 0 bridgehead atoms. The molecule has 3 heterocycles. The van der Waals surface area contributed by atoms with Gasteiger partial charge in [-0.2, -0.15) is 0 Å². The first kappa shape index (κ1) is 17.5. The maximum atomic E-state index is 11.5. The maximum Gasteiger partial charge on any atom is 0.220 e. The molecule has 7 N–H and O–H groups in total. The van der Waals surface area contributed by atoms with Crippen LogP contribution in [0.25, 0.3) is 11.2 Å². The average Bonchev–Trinajstić information content (AvgIpc) is 3.11. The second-order valence-electron chi connectivity index (χ2n) is 5.98. The van der Waals surface area contributed by atoms with E-state index in [0.29, 0.717) is 11.2 Å². The van der Waals surface area contributed by atoms with Crippen LogP contribution in [0.15, 0.2) is 12.7 Å². The van der Waals surface area contributed by atoms with Crippen LogP contribution >= 0.6 is 0 Å². The number of nitrogen functional groups attached to an aromatic ring is 1. The average molecular weight is 352 g/mol. The number of aliphatic hydroxyl groups excluding tert-OH is 3. The Labute approximate surface area is 142 Å². The van der Waals surface area contributed by atoms with Gasteiger partial charge in [-0.15, -0.1) is 0 Å². The molecule has 25 heavy (non-hydrogen) atoms. The lowest BCUT2D eigenvalue weighted by Crippen LogP contribution is -2.35. The molecule has 0 aromatic carbocycles. The summed E-state index contributed by atoms with van der Waals surface area (Å²) in [5.41, 5.74) is 11.7. The van der Waals surface area contributed by atoms with Crippen LogP contribution in [-0.2, 0) is 9.53 Å². The number of hydrogen-bond donors (Lipinski definition) is 5. The van der Waals surface area contributed by atoms with Crippen molar-refractivity contribution in [3.63, 3.8) is 0 Å². The molecule has 2 aromatic heterocycles. The number of fused-ring (bicyclic) bond motifs is 1. The summed E-state index contributed by atoms with van der Waals surface area (Å²) in [5, 5.41) is 29.6. The van der Waals surface area contributed by atoms with Gasteiger partial charge >= 0.3 is 0 Å². The number of imidazole rings is 1. The van der Waals surface area contributed by atoms with E-state index >= 15 is 0 Å². The monoisotopic (exact) mass is 352 g/mol. The Morgan fingerprint density at radius 2 is 2.08 bits per heavy atom. The fraction of sp³-hybridized carbons (Fsp3) is 0.571. The molecule has 0 radical (unpaired) electrons. The van der Waals surface area contributed by atoms with Crippen molar-refractivity contribution in [2.75, 3.05) is 12.3 Å². The van der Waals surface area contributed by atoms with Gasteiger partial charge in [0.25, 0.3) is 0 Å². The van der Waals surface area contributed by atoms with Crippen LogP contribution in [0.1, 0.15) is 19.1 Å². The van der Waals surface area contributed by atoms with E-state index < -0.39 is 36.4 Å². The largest absolute Gasteiger partial charge is 0.396 e. The number of amides is 1. The molecular formula is C14H20N6O5. The predicted molar refractivity (Wildman–Crippen MR) is 84.7 cm³/mol. The first-order valence-corrected chi connectivity index (χ1v) is 7.78. The van der Waals surface area contributed by atoms with Crippen LogP contribution in [0.3, 0.4) is 0 Å². The van der Waals surface area contributed by atoms with Crippen LogP contribution in [0, 0.1) is 5.92 Å². The second kappa shape index (κ2) is 6.88. The Hall–Kier alpha value is -2.34. The van der Waals surface area contributed by atoms with Crippen LogP contribution < -0.4 is 11.5 Å². The topological polar surface area (TPSA) is 183 Å². The third-order valence-corrected chi connectivity index (χ3v) is 4.40. The molecule has 1 aliphatic heterocycles. The highest BCUT2D eigenvalue weighted by atomic mass is 16.6. The normalized spacial score (nSPS) is 27.6. The first-order valence-electron chi connectivity index (χ1n) is 7.78. The minimum atomic E-state index is -1.26. The molecule has 1 saturated heterocycles. The van der Waals surface area contributed by atoms with Gasteiger partial charge in [0.15, 0.2) is 17.7 Å². The van der Waals surface area contributed by atoms with Crippen molar-refractivity contribution in [3.05, 3.63) is 12.7 Å². The predicted octanol–water partition coefficient (Wildman–Crippen LogP) is -2.10. The number of ether oxygens (including phenoxy) is 1. The summed E-state index contributed by atoms with van der Waals surface area (Å²) in [6.07, 6.45) is -1.41. The number of aromatic nitrogens is 4. The zero-order chi connectivity index (χ0) is 18.1.